The first-order chi connectivity index (χ1) is 14.3. The number of carbonyl (C=O) groups is 2. The Bertz CT molecular complexity index is 1080. The number of amides is 1. The van der Waals surface area contributed by atoms with Gasteiger partial charge in [0.15, 0.2) is 11.5 Å². The maximum absolute atomic E-state index is 13.4. The van der Waals surface area contributed by atoms with E-state index in [-0.39, 0.29) is 22.8 Å². The highest BCUT2D eigenvalue weighted by Gasteiger charge is 2.38. The highest BCUT2D eigenvalue weighted by atomic mass is 16.5. The lowest BCUT2D eigenvalue weighted by molar-refractivity contribution is -0.136. The van der Waals surface area contributed by atoms with Crippen LogP contribution in [-0.2, 0) is 14.3 Å². The summed E-state index contributed by atoms with van der Waals surface area (Å²) in [4.78, 5) is 27.4. The van der Waals surface area contributed by atoms with Crippen LogP contribution in [0.2, 0.25) is 0 Å². The number of rotatable bonds is 5. The number of methoxy groups -OCH3 is 1. The molecule has 0 fully saturated rings. The summed E-state index contributed by atoms with van der Waals surface area (Å²) in [5, 5.41) is 9.93. The number of anilines is 1. The summed E-state index contributed by atoms with van der Waals surface area (Å²) in [6.45, 7) is 7.90. The molecule has 2 aromatic carbocycles. The fourth-order valence-electron chi connectivity index (χ4n) is 3.41. The third kappa shape index (κ3) is 3.81. The minimum Gasteiger partial charge on any atom is -0.504 e. The fraction of sp³-hybridized carbons (Fsp3) is 0.250. The van der Waals surface area contributed by atoms with Gasteiger partial charge in [-0.25, -0.2) is 4.79 Å². The van der Waals surface area contributed by atoms with Gasteiger partial charge in [0.25, 0.3) is 5.91 Å². The van der Waals surface area contributed by atoms with Crippen molar-refractivity contribution in [3.05, 3.63) is 69.9 Å². The molecule has 1 amide bonds. The van der Waals surface area contributed by atoms with E-state index in [2.05, 4.69) is 0 Å². The fourth-order valence-corrected chi connectivity index (χ4v) is 3.41. The molecule has 1 heterocycles. The van der Waals surface area contributed by atoms with Crippen LogP contribution in [-0.4, -0.2) is 30.7 Å². The lowest BCUT2D eigenvalue weighted by Gasteiger charge is -2.19. The van der Waals surface area contributed by atoms with Crippen LogP contribution in [0.4, 0.5) is 5.69 Å². The van der Waals surface area contributed by atoms with Crippen molar-refractivity contribution in [3.63, 3.8) is 0 Å². The zero-order valence-electron chi connectivity index (χ0n) is 17.8. The summed E-state index contributed by atoms with van der Waals surface area (Å²) < 4.78 is 10.4. The summed E-state index contributed by atoms with van der Waals surface area (Å²) >= 11 is 0. The lowest BCUT2D eigenvalue weighted by Crippen LogP contribution is -2.24. The lowest BCUT2D eigenvalue weighted by atomic mass is 10.0. The van der Waals surface area contributed by atoms with Crippen LogP contribution in [0.15, 0.2) is 53.2 Å². The van der Waals surface area contributed by atoms with Crippen molar-refractivity contribution in [2.75, 3.05) is 18.6 Å². The van der Waals surface area contributed by atoms with Crippen LogP contribution < -0.4 is 9.64 Å². The van der Waals surface area contributed by atoms with E-state index < -0.39 is 5.97 Å². The summed E-state index contributed by atoms with van der Waals surface area (Å²) in [5.41, 5.74) is 4.41. The van der Waals surface area contributed by atoms with Gasteiger partial charge >= 0.3 is 5.97 Å². The molecule has 1 aliphatic rings. The molecule has 0 saturated heterocycles. The van der Waals surface area contributed by atoms with Crippen molar-refractivity contribution in [2.24, 2.45) is 0 Å². The Kier molecular flexibility index (Phi) is 5.96. The predicted molar refractivity (Wildman–Crippen MR) is 115 cm³/mol. The zero-order valence-corrected chi connectivity index (χ0v) is 17.8. The van der Waals surface area contributed by atoms with Crippen LogP contribution >= 0.6 is 0 Å². The number of aromatic hydroxyl groups is 1. The van der Waals surface area contributed by atoms with Crippen molar-refractivity contribution in [1.82, 2.24) is 0 Å². The summed E-state index contributed by atoms with van der Waals surface area (Å²) in [7, 11) is 1.29. The quantitative estimate of drug-likeness (QED) is 0.591. The zero-order chi connectivity index (χ0) is 22.0. The number of aryl methyl sites for hydroxylation is 2. The van der Waals surface area contributed by atoms with E-state index >= 15 is 0 Å². The number of nitrogens with zero attached hydrogens (tertiary/aromatic N) is 1. The van der Waals surface area contributed by atoms with Crippen LogP contribution in [0.5, 0.6) is 11.5 Å². The predicted octanol–water partition coefficient (Wildman–Crippen LogP) is 4.28. The number of allylic oxidation sites excluding steroid dienone is 1. The first kappa shape index (κ1) is 21.2. The first-order valence-corrected chi connectivity index (χ1v) is 9.67. The number of hydrogen-bond acceptors (Lipinski definition) is 5. The van der Waals surface area contributed by atoms with E-state index in [1.807, 2.05) is 39.0 Å². The first-order valence-electron chi connectivity index (χ1n) is 9.67. The number of phenols is 1. The number of benzene rings is 2. The molecule has 1 aliphatic heterocycles. The Balaban J connectivity index is 2.13. The molecular weight excluding hydrogens is 382 g/mol. The van der Waals surface area contributed by atoms with Gasteiger partial charge in [-0.15, -0.1) is 0 Å². The summed E-state index contributed by atoms with van der Waals surface area (Å²) in [5.74, 6) is -0.582. The van der Waals surface area contributed by atoms with E-state index in [1.165, 1.54) is 18.1 Å². The molecule has 1 N–H and O–H groups in total. The van der Waals surface area contributed by atoms with Crippen molar-refractivity contribution in [3.8, 4) is 11.5 Å². The molecule has 0 bridgehead atoms. The summed E-state index contributed by atoms with van der Waals surface area (Å²) in [6.07, 6.45) is 1.61. The van der Waals surface area contributed by atoms with Crippen molar-refractivity contribution in [1.29, 1.82) is 0 Å². The van der Waals surface area contributed by atoms with Gasteiger partial charge in [0.1, 0.15) is 0 Å². The average molecular weight is 407 g/mol. The molecule has 0 aliphatic carbocycles. The van der Waals surface area contributed by atoms with Gasteiger partial charge < -0.3 is 14.6 Å². The van der Waals surface area contributed by atoms with Crippen LogP contribution in [0, 0.1) is 13.8 Å². The largest absolute Gasteiger partial charge is 0.504 e. The second kappa shape index (κ2) is 8.45. The molecule has 30 heavy (non-hydrogen) atoms. The number of ether oxygens (including phenoxy) is 2. The molecule has 6 heteroatoms. The Morgan fingerprint density at radius 1 is 1.10 bits per heavy atom. The molecular formula is C24H25NO5. The van der Waals surface area contributed by atoms with Crippen LogP contribution in [0.25, 0.3) is 6.08 Å². The van der Waals surface area contributed by atoms with E-state index in [0.29, 0.717) is 29.3 Å². The molecule has 0 unspecified atom stereocenters. The maximum atomic E-state index is 13.4. The minimum absolute atomic E-state index is 0.00780. The molecule has 6 nitrogen and oxygen atoms in total. The molecule has 0 saturated carbocycles. The second-order valence-electron chi connectivity index (χ2n) is 7.08. The van der Waals surface area contributed by atoms with E-state index in [9.17, 15) is 14.7 Å². The molecule has 0 aromatic heterocycles. The second-order valence-corrected chi connectivity index (χ2v) is 7.08. The Hall–Kier alpha value is -3.54. The van der Waals surface area contributed by atoms with E-state index in [0.717, 1.165) is 11.1 Å². The molecule has 0 radical (unpaired) electrons. The monoisotopic (exact) mass is 407 g/mol. The number of esters is 1. The third-order valence-electron chi connectivity index (χ3n) is 5.13. The van der Waals surface area contributed by atoms with Gasteiger partial charge in [-0.1, -0.05) is 12.1 Å². The minimum atomic E-state index is -0.581. The summed E-state index contributed by atoms with van der Waals surface area (Å²) in [6, 6.07) is 10.5. The smallest absolute Gasteiger partial charge is 0.340 e. The molecule has 156 valence electrons. The van der Waals surface area contributed by atoms with Crippen LogP contribution in [0.3, 0.4) is 0 Å². The third-order valence-corrected chi connectivity index (χ3v) is 5.13. The SMILES string of the molecule is CCOc1cc(/C=C2\C(=O)N(c3ccc(C)c(C)c3)C(C)=C2C(=O)OC)ccc1O. The highest BCUT2D eigenvalue weighted by molar-refractivity contribution is 6.23. The Morgan fingerprint density at radius 3 is 2.47 bits per heavy atom. The van der Waals surface area contributed by atoms with E-state index in [4.69, 9.17) is 9.47 Å². The maximum Gasteiger partial charge on any atom is 0.340 e. The van der Waals surface area contributed by atoms with Gasteiger partial charge in [-0.3, -0.25) is 9.69 Å². The molecule has 3 rings (SSSR count). The van der Waals surface area contributed by atoms with Gasteiger partial charge in [0, 0.05) is 11.4 Å². The number of carbonyl (C=O) groups excluding carboxylic acids is 2. The molecule has 0 atom stereocenters. The van der Waals surface area contributed by atoms with Crippen LogP contribution in [0.1, 0.15) is 30.5 Å². The van der Waals surface area contributed by atoms with E-state index in [1.54, 1.807) is 25.1 Å². The standard InChI is InChI=1S/C24H25NO5/c1-6-30-21-13-17(8-10-20(21)26)12-19-22(24(28)29-5)16(4)25(23(19)27)18-9-7-14(2)15(3)11-18/h7-13,26H,6H2,1-5H3/b19-12-. The van der Waals surface area contributed by atoms with Gasteiger partial charge in [-0.05, 0) is 74.7 Å². The highest BCUT2D eigenvalue weighted by Crippen LogP contribution is 2.37. The van der Waals surface area contributed by atoms with Crippen molar-refractivity contribution >= 4 is 23.6 Å². The normalized spacial score (nSPS) is 15.2. The molecule has 0 spiro atoms. The Morgan fingerprint density at radius 2 is 1.83 bits per heavy atom. The van der Waals surface area contributed by atoms with Crippen molar-refractivity contribution in [2.45, 2.75) is 27.7 Å². The number of phenolic OH excluding ortho intramolecular Hbond substituents is 1. The number of hydrogen-bond donors (Lipinski definition) is 1. The Labute approximate surface area is 176 Å². The van der Waals surface area contributed by atoms with Gasteiger partial charge in [0.05, 0.1) is 24.9 Å². The van der Waals surface area contributed by atoms with Crippen molar-refractivity contribution < 1.29 is 24.2 Å². The van der Waals surface area contributed by atoms with Gasteiger partial charge in [0.2, 0.25) is 0 Å². The van der Waals surface area contributed by atoms with Gasteiger partial charge in [-0.2, -0.15) is 0 Å². The molecule has 2 aromatic rings. The average Bonchev–Trinajstić information content (AvgIpc) is 2.96. The topological polar surface area (TPSA) is 76.1 Å².